The predicted molar refractivity (Wildman–Crippen MR) is 104 cm³/mol. The maximum absolute atomic E-state index is 12.9. The van der Waals surface area contributed by atoms with E-state index < -0.39 is 0 Å². The van der Waals surface area contributed by atoms with Crippen LogP contribution in [0, 0.1) is 11.7 Å². The topological polar surface area (TPSA) is 67.9 Å². The van der Waals surface area contributed by atoms with Gasteiger partial charge in [0.15, 0.2) is 11.5 Å². The lowest BCUT2D eigenvalue weighted by atomic mass is 9.95. The Kier molecular flexibility index (Phi) is 5.64. The van der Waals surface area contributed by atoms with Gasteiger partial charge in [0.25, 0.3) is 5.91 Å². The highest BCUT2D eigenvalue weighted by atomic mass is 19.1. The van der Waals surface area contributed by atoms with Crippen LogP contribution in [0.15, 0.2) is 42.5 Å². The van der Waals surface area contributed by atoms with Gasteiger partial charge in [0.2, 0.25) is 12.7 Å². The number of benzene rings is 2. The summed E-state index contributed by atoms with van der Waals surface area (Å²) in [5, 5.41) is 2.95. The molecule has 4 rings (SSSR count). The smallest absolute Gasteiger partial charge is 0.253 e. The number of hydrogen-bond donors (Lipinski definition) is 1. The van der Waals surface area contributed by atoms with Gasteiger partial charge in [-0.25, -0.2) is 4.39 Å². The van der Waals surface area contributed by atoms with E-state index in [1.54, 1.807) is 35.2 Å². The molecule has 1 saturated heterocycles. The third-order valence-corrected chi connectivity index (χ3v) is 5.40. The van der Waals surface area contributed by atoms with E-state index in [9.17, 15) is 14.0 Å². The molecule has 0 atom stereocenters. The van der Waals surface area contributed by atoms with Crippen LogP contribution in [0.2, 0.25) is 0 Å². The zero-order chi connectivity index (χ0) is 20.2. The van der Waals surface area contributed by atoms with Gasteiger partial charge in [0.1, 0.15) is 5.82 Å². The van der Waals surface area contributed by atoms with Crippen LogP contribution in [-0.2, 0) is 11.2 Å². The summed E-state index contributed by atoms with van der Waals surface area (Å²) < 4.78 is 23.5. The van der Waals surface area contributed by atoms with Crippen LogP contribution in [0.3, 0.4) is 0 Å². The van der Waals surface area contributed by atoms with Crippen molar-refractivity contribution in [3.63, 3.8) is 0 Å². The number of carbonyl (C=O) groups excluding carboxylic acids is 2. The van der Waals surface area contributed by atoms with Gasteiger partial charge in [0.05, 0.1) is 0 Å². The average molecular weight is 398 g/mol. The molecule has 0 aliphatic carbocycles. The number of nitrogens with one attached hydrogen (secondary N) is 1. The predicted octanol–water partition coefficient (Wildman–Crippen LogP) is 2.77. The third-order valence-electron chi connectivity index (χ3n) is 5.40. The number of carbonyl (C=O) groups is 2. The van der Waals surface area contributed by atoms with E-state index >= 15 is 0 Å². The molecule has 7 heteroatoms. The fourth-order valence-corrected chi connectivity index (χ4v) is 3.68. The number of fused-ring (bicyclic) bond motifs is 1. The zero-order valence-electron chi connectivity index (χ0n) is 16.0. The Labute approximate surface area is 168 Å². The fourth-order valence-electron chi connectivity index (χ4n) is 3.68. The summed E-state index contributed by atoms with van der Waals surface area (Å²) in [6, 6.07) is 11.5. The molecule has 2 amide bonds. The molecule has 0 unspecified atom stereocenters. The highest BCUT2D eigenvalue weighted by Gasteiger charge is 2.28. The van der Waals surface area contributed by atoms with E-state index in [0.29, 0.717) is 56.0 Å². The summed E-state index contributed by atoms with van der Waals surface area (Å²) in [5.74, 6) is 0.841. The lowest BCUT2D eigenvalue weighted by Crippen LogP contribution is -2.43. The van der Waals surface area contributed by atoms with Crippen LogP contribution < -0.4 is 14.8 Å². The van der Waals surface area contributed by atoms with Crippen molar-refractivity contribution in [1.29, 1.82) is 0 Å². The van der Waals surface area contributed by atoms with Gasteiger partial charge in [-0.2, -0.15) is 0 Å². The molecule has 0 radical (unpaired) electrons. The van der Waals surface area contributed by atoms with E-state index in [1.165, 1.54) is 12.1 Å². The summed E-state index contributed by atoms with van der Waals surface area (Å²) in [4.78, 5) is 26.9. The Morgan fingerprint density at radius 1 is 1.03 bits per heavy atom. The van der Waals surface area contributed by atoms with Gasteiger partial charge in [-0.05, 0) is 55.2 Å². The number of halogens is 1. The van der Waals surface area contributed by atoms with Crippen molar-refractivity contribution in [3.8, 4) is 11.5 Å². The van der Waals surface area contributed by atoms with Crippen molar-refractivity contribution in [1.82, 2.24) is 10.2 Å². The Hall–Kier alpha value is -3.09. The monoisotopic (exact) mass is 398 g/mol. The summed E-state index contributed by atoms with van der Waals surface area (Å²) in [6.07, 6.45) is 1.94. The minimum atomic E-state index is -0.264. The van der Waals surface area contributed by atoms with Gasteiger partial charge in [0, 0.05) is 31.1 Å². The second-order valence-electron chi connectivity index (χ2n) is 7.30. The van der Waals surface area contributed by atoms with Crippen molar-refractivity contribution in [3.05, 3.63) is 59.4 Å². The van der Waals surface area contributed by atoms with Crippen LogP contribution >= 0.6 is 0 Å². The first-order valence-corrected chi connectivity index (χ1v) is 9.81. The fraction of sp³-hybridized carbons (Fsp3) is 0.364. The molecule has 0 bridgehead atoms. The Morgan fingerprint density at radius 2 is 1.76 bits per heavy atom. The molecule has 1 N–H and O–H groups in total. The number of ether oxygens (including phenoxy) is 2. The highest BCUT2D eigenvalue weighted by Crippen LogP contribution is 2.33. The van der Waals surface area contributed by atoms with E-state index in [2.05, 4.69) is 5.32 Å². The Bertz CT molecular complexity index is 892. The maximum atomic E-state index is 12.9. The summed E-state index contributed by atoms with van der Waals surface area (Å²) in [5.41, 5.74) is 1.55. The van der Waals surface area contributed by atoms with Crippen molar-refractivity contribution >= 4 is 11.8 Å². The molecular weight excluding hydrogens is 375 g/mol. The molecule has 1 fully saturated rings. The SMILES string of the molecule is O=C(NCCc1ccc(F)cc1)C1CCN(C(=O)c2ccc3c(c2)OCO3)CC1. The number of hydrogen-bond acceptors (Lipinski definition) is 4. The lowest BCUT2D eigenvalue weighted by molar-refractivity contribution is -0.126. The van der Waals surface area contributed by atoms with E-state index in [1.807, 2.05) is 0 Å². The van der Waals surface area contributed by atoms with Crippen LogP contribution in [-0.4, -0.2) is 43.1 Å². The lowest BCUT2D eigenvalue weighted by Gasteiger charge is -2.31. The van der Waals surface area contributed by atoms with Crippen LogP contribution in [0.4, 0.5) is 4.39 Å². The van der Waals surface area contributed by atoms with Crippen molar-refractivity contribution < 1.29 is 23.5 Å². The van der Waals surface area contributed by atoms with Gasteiger partial charge in [-0.1, -0.05) is 12.1 Å². The molecular formula is C22H23FN2O4. The summed E-state index contributed by atoms with van der Waals surface area (Å²) >= 11 is 0. The standard InChI is InChI=1S/C22H23FN2O4/c23-18-4-1-15(2-5-18)7-10-24-21(26)16-8-11-25(12-9-16)22(27)17-3-6-19-20(13-17)29-14-28-19/h1-6,13,16H,7-12,14H2,(H,24,26). The first kappa shape index (κ1) is 19.2. The molecule has 0 saturated carbocycles. The summed E-state index contributed by atoms with van der Waals surface area (Å²) in [7, 11) is 0. The van der Waals surface area contributed by atoms with Crippen LogP contribution in [0.5, 0.6) is 11.5 Å². The van der Waals surface area contributed by atoms with Crippen molar-refractivity contribution in [2.45, 2.75) is 19.3 Å². The number of amides is 2. The van der Waals surface area contributed by atoms with Crippen molar-refractivity contribution in [2.24, 2.45) is 5.92 Å². The number of rotatable bonds is 5. The first-order valence-electron chi connectivity index (χ1n) is 9.81. The first-order chi connectivity index (χ1) is 14.1. The molecule has 2 aliphatic rings. The van der Waals surface area contributed by atoms with E-state index in [0.717, 1.165) is 5.56 Å². The molecule has 29 heavy (non-hydrogen) atoms. The highest BCUT2D eigenvalue weighted by molar-refractivity contribution is 5.95. The second-order valence-corrected chi connectivity index (χ2v) is 7.30. The minimum absolute atomic E-state index is 0.0160. The third kappa shape index (κ3) is 4.50. The number of piperidine rings is 1. The van der Waals surface area contributed by atoms with Crippen LogP contribution in [0.1, 0.15) is 28.8 Å². The molecule has 2 aromatic rings. The molecule has 0 spiro atoms. The number of nitrogens with zero attached hydrogens (tertiary/aromatic N) is 1. The summed E-state index contributed by atoms with van der Waals surface area (Å²) in [6.45, 7) is 1.78. The average Bonchev–Trinajstić information content (AvgIpc) is 3.22. The Morgan fingerprint density at radius 3 is 2.52 bits per heavy atom. The van der Waals surface area contributed by atoms with Gasteiger partial charge in [-0.15, -0.1) is 0 Å². The molecule has 0 aromatic heterocycles. The molecule has 152 valence electrons. The second kappa shape index (κ2) is 8.51. The van der Waals surface area contributed by atoms with Crippen molar-refractivity contribution in [2.75, 3.05) is 26.4 Å². The number of likely N-dealkylation sites (tertiary alicyclic amines) is 1. The quantitative estimate of drug-likeness (QED) is 0.841. The normalized spacial score (nSPS) is 16.0. The Balaban J connectivity index is 1.24. The van der Waals surface area contributed by atoms with E-state index in [-0.39, 0.29) is 30.3 Å². The molecule has 2 aliphatic heterocycles. The van der Waals surface area contributed by atoms with E-state index in [4.69, 9.17) is 9.47 Å². The zero-order valence-corrected chi connectivity index (χ0v) is 16.0. The van der Waals surface area contributed by atoms with Gasteiger partial charge in [-0.3, -0.25) is 9.59 Å². The maximum Gasteiger partial charge on any atom is 0.253 e. The van der Waals surface area contributed by atoms with Gasteiger partial charge >= 0.3 is 0 Å². The molecule has 2 aromatic carbocycles. The van der Waals surface area contributed by atoms with Crippen LogP contribution in [0.25, 0.3) is 0 Å². The largest absolute Gasteiger partial charge is 0.454 e. The molecule has 2 heterocycles. The molecule has 6 nitrogen and oxygen atoms in total. The van der Waals surface area contributed by atoms with Gasteiger partial charge < -0.3 is 19.7 Å². The minimum Gasteiger partial charge on any atom is -0.454 e.